The molecule has 2 heterocycles. The number of rotatable bonds is 7. The number of carboxylic acids is 1. The number of benzene rings is 1. The van der Waals surface area contributed by atoms with Gasteiger partial charge >= 0.3 is 5.97 Å². The van der Waals surface area contributed by atoms with E-state index in [0.29, 0.717) is 22.1 Å². The fraction of sp³-hybridized carbons (Fsp3) is 0.158. The molecule has 1 aliphatic rings. The Kier molecular flexibility index (Phi) is 6.41. The number of halogens is 1. The van der Waals surface area contributed by atoms with Gasteiger partial charge in [-0.25, -0.2) is 4.79 Å². The van der Waals surface area contributed by atoms with Gasteiger partial charge in [0, 0.05) is 18.1 Å². The fourth-order valence-corrected chi connectivity index (χ4v) is 4.32. The molecule has 1 aromatic carbocycles. The predicted molar refractivity (Wildman–Crippen MR) is 114 cm³/mol. The Morgan fingerprint density at radius 3 is 2.69 bits per heavy atom. The maximum absolute atomic E-state index is 12.7. The van der Waals surface area contributed by atoms with Crippen molar-refractivity contribution in [3.05, 3.63) is 52.1 Å². The monoisotopic (exact) mass is 450 g/mol. The van der Waals surface area contributed by atoms with Crippen LogP contribution in [0, 0.1) is 0 Å². The smallest absolute Gasteiger partial charge is 0.326 e. The van der Waals surface area contributed by atoms with Gasteiger partial charge in [0.2, 0.25) is 5.91 Å². The number of nitrogens with zero attached hydrogens (tertiary/aromatic N) is 1. The van der Waals surface area contributed by atoms with E-state index in [4.69, 9.17) is 34.0 Å². The highest BCUT2D eigenvalue weighted by Gasteiger charge is 2.40. The van der Waals surface area contributed by atoms with E-state index in [1.165, 1.54) is 6.08 Å². The molecule has 1 atom stereocenters. The highest BCUT2D eigenvalue weighted by atomic mass is 35.5. The first-order valence-electron chi connectivity index (χ1n) is 8.41. The zero-order valence-corrected chi connectivity index (χ0v) is 17.2. The Balaban J connectivity index is 1.84. The summed E-state index contributed by atoms with van der Waals surface area (Å²) in [6, 6.07) is 9.30. The molecular formula is C19H15ClN2O5S2. The zero-order chi connectivity index (χ0) is 21.1. The second-order valence-electron chi connectivity index (χ2n) is 6.09. The molecule has 10 heteroatoms. The molecule has 0 saturated carbocycles. The van der Waals surface area contributed by atoms with E-state index in [9.17, 15) is 19.5 Å². The Morgan fingerprint density at radius 2 is 2.03 bits per heavy atom. The van der Waals surface area contributed by atoms with Gasteiger partial charge in [0.05, 0.1) is 9.93 Å². The second-order valence-corrected chi connectivity index (χ2v) is 8.18. The lowest BCUT2D eigenvalue weighted by Crippen LogP contribution is -2.44. The van der Waals surface area contributed by atoms with Crippen molar-refractivity contribution in [2.45, 2.75) is 18.9 Å². The van der Waals surface area contributed by atoms with Crippen LogP contribution in [-0.2, 0) is 14.4 Å². The Hall–Kier alpha value is -2.62. The van der Waals surface area contributed by atoms with E-state index in [1.807, 2.05) is 6.07 Å². The third kappa shape index (κ3) is 4.69. The number of carbonyl (C=O) groups is 3. The zero-order valence-electron chi connectivity index (χ0n) is 14.8. The van der Waals surface area contributed by atoms with E-state index >= 15 is 0 Å². The number of furan rings is 1. The van der Waals surface area contributed by atoms with Crippen LogP contribution in [0.15, 0.2) is 45.7 Å². The minimum atomic E-state index is -1.27. The highest BCUT2D eigenvalue weighted by molar-refractivity contribution is 8.26. The molecule has 1 aromatic heterocycles. The van der Waals surface area contributed by atoms with E-state index in [2.05, 4.69) is 0 Å². The SMILES string of the molecule is NC(=O)CCC(C(=O)O)N1C(=O)/C(=C\c2ccc(-c3ccccc3Cl)o2)SC1=S. The van der Waals surface area contributed by atoms with Crippen molar-refractivity contribution in [2.75, 3.05) is 0 Å². The molecule has 1 saturated heterocycles. The minimum Gasteiger partial charge on any atom is -0.480 e. The summed E-state index contributed by atoms with van der Waals surface area (Å²) in [7, 11) is 0. The van der Waals surface area contributed by atoms with Crippen molar-refractivity contribution >= 4 is 63.8 Å². The average molecular weight is 451 g/mol. The molecule has 150 valence electrons. The summed E-state index contributed by atoms with van der Waals surface area (Å²) in [5, 5.41) is 9.97. The summed E-state index contributed by atoms with van der Waals surface area (Å²) in [6.07, 6.45) is 1.20. The molecule has 2 aromatic rings. The molecular weight excluding hydrogens is 436 g/mol. The van der Waals surface area contributed by atoms with Gasteiger partial charge in [0.15, 0.2) is 0 Å². The minimum absolute atomic E-state index is 0.0935. The van der Waals surface area contributed by atoms with Crippen LogP contribution in [0.3, 0.4) is 0 Å². The lowest BCUT2D eigenvalue weighted by molar-refractivity contribution is -0.145. The summed E-state index contributed by atoms with van der Waals surface area (Å²) in [6.45, 7) is 0. The molecule has 1 fully saturated rings. The normalized spacial score (nSPS) is 16.4. The number of carbonyl (C=O) groups excluding carboxylic acids is 2. The molecule has 29 heavy (non-hydrogen) atoms. The average Bonchev–Trinajstić information content (AvgIpc) is 3.22. The second kappa shape index (κ2) is 8.81. The van der Waals surface area contributed by atoms with E-state index in [1.54, 1.807) is 30.3 Å². The lowest BCUT2D eigenvalue weighted by atomic mass is 10.1. The van der Waals surface area contributed by atoms with Crippen molar-refractivity contribution < 1.29 is 23.9 Å². The first-order chi connectivity index (χ1) is 13.8. The van der Waals surface area contributed by atoms with Gasteiger partial charge in [-0.3, -0.25) is 14.5 Å². The number of primary amides is 1. The van der Waals surface area contributed by atoms with Gasteiger partial charge in [-0.1, -0.05) is 47.7 Å². The third-order valence-electron chi connectivity index (χ3n) is 4.12. The number of hydrogen-bond donors (Lipinski definition) is 2. The van der Waals surface area contributed by atoms with Gasteiger partial charge in [-0.05, 0) is 30.7 Å². The first-order valence-corrected chi connectivity index (χ1v) is 10.0. The van der Waals surface area contributed by atoms with Gasteiger partial charge in [0.25, 0.3) is 5.91 Å². The van der Waals surface area contributed by atoms with Crippen LogP contribution in [0.4, 0.5) is 0 Å². The summed E-state index contributed by atoms with van der Waals surface area (Å²) < 4.78 is 5.85. The van der Waals surface area contributed by atoms with Gasteiger partial charge in [-0.15, -0.1) is 0 Å². The van der Waals surface area contributed by atoms with E-state index in [0.717, 1.165) is 16.7 Å². The standard InChI is InChI=1S/C19H15ClN2O5S2/c20-12-4-2-1-3-11(12)14-7-5-10(27-14)9-15-17(24)22(19(28)29-15)13(18(25)26)6-8-16(21)23/h1-5,7,9,13H,6,8H2,(H2,21,23)(H,25,26)/b15-9+. The third-order valence-corrected chi connectivity index (χ3v) is 5.78. The first kappa shape index (κ1) is 21.1. The molecule has 0 bridgehead atoms. The molecule has 3 rings (SSSR count). The van der Waals surface area contributed by atoms with Crippen LogP contribution in [0.5, 0.6) is 0 Å². The fourth-order valence-electron chi connectivity index (χ4n) is 2.76. The van der Waals surface area contributed by atoms with Crippen molar-refractivity contribution in [1.82, 2.24) is 4.90 Å². The number of thiocarbonyl (C=S) groups is 1. The van der Waals surface area contributed by atoms with Crippen LogP contribution < -0.4 is 5.73 Å². The van der Waals surface area contributed by atoms with Crippen molar-refractivity contribution in [3.8, 4) is 11.3 Å². The Morgan fingerprint density at radius 1 is 1.31 bits per heavy atom. The summed E-state index contributed by atoms with van der Waals surface area (Å²) in [4.78, 5) is 36.6. The maximum Gasteiger partial charge on any atom is 0.326 e. The van der Waals surface area contributed by atoms with Crippen LogP contribution in [-0.4, -0.2) is 38.2 Å². The highest BCUT2D eigenvalue weighted by Crippen LogP contribution is 2.36. The summed E-state index contributed by atoms with van der Waals surface area (Å²) in [5.74, 6) is -1.55. The van der Waals surface area contributed by atoms with E-state index in [-0.39, 0.29) is 22.1 Å². The summed E-state index contributed by atoms with van der Waals surface area (Å²) >= 11 is 12.3. The Bertz CT molecular complexity index is 1030. The van der Waals surface area contributed by atoms with Crippen molar-refractivity contribution in [1.29, 1.82) is 0 Å². The number of aliphatic carboxylic acids is 1. The molecule has 3 N–H and O–H groups in total. The number of carboxylic acid groups (broad SMARTS) is 1. The predicted octanol–water partition coefficient (Wildman–Crippen LogP) is 3.52. The number of nitrogens with two attached hydrogens (primary N) is 1. The molecule has 1 unspecified atom stereocenters. The van der Waals surface area contributed by atoms with Crippen LogP contribution in [0.2, 0.25) is 5.02 Å². The molecule has 2 amide bonds. The van der Waals surface area contributed by atoms with Crippen molar-refractivity contribution in [2.24, 2.45) is 5.73 Å². The van der Waals surface area contributed by atoms with Gasteiger partial charge in [0.1, 0.15) is 21.9 Å². The number of thioether (sulfide) groups is 1. The van der Waals surface area contributed by atoms with E-state index < -0.39 is 23.8 Å². The van der Waals surface area contributed by atoms with Crippen molar-refractivity contribution in [3.63, 3.8) is 0 Å². The maximum atomic E-state index is 12.7. The van der Waals surface area contributed by atoms with Crippen LogP contribution in [0.25, 0.3) is 17.4 Å². The van der Waals surface area contributed by atoms with Crippen LogP contribution >= 0.6 is 35.6 Å². The largest absolute Gasteiger partial charge is 0.480 e. The topological polar surface area (TPSA) is 114 Å². The van der Waals surface area contributed by atoms with Gasteiger partial charge < -0.3 is 15.3 Å². The van der Waals surface area contributed by atoms with Gasteiger partial charge in [-0.2, -0.15) is 0 Å². The Labute approximate surface area is 180 Å². The van der Waals surface area contributed by atoms with Crippen LogP contribution in [0.1, 0.15) is 18.6 Å². The quantitative estimate of drug-likeness (QED) is 0.490. The molecule has 0 radical (unpaired) electrons. The molecule has 1 aliphatic heterocycles. The lowest BCUT2D eigenvalue weighted by Gasteiger charge is -2.22. The number of amides is 2. The number of hydrogen-bond acceptors (Lipinski definition) is 6. The molecule has 0 spiro atoms. The summed E-state index contributed by atoms with van der Waals surface area (Å²) in [5.41, 5.74) is 5.80. The molecule has 0 aliphatic carbocycles. The molecule has 7 nitrogen and oxygen atoms in total.